The first-order chi connectivity index (χ1) is 7.29. The Labute approximate surface area is 92.8 Å². The SMILES string of the molecule is NC1CCCCC1.O=C1CCCCCN1. The summed E-state index contributed by atoms with van der Waals surface area (Å²) in [6.45, 7) is 0.888. The molecule has 0 radical (unpaired) electrons. The van der Waals surface area contributed by atoms with E-state index in [0.717, 1.165) is 25.8 Å². The summed E-state index contributed by atoms with van der Waals surface area (Å²) in [5, 5.41) is 2.81. The number of hydrogen-bond donors (Lipinski definition) is 2. The fourth-order valence-corrected chi connectivity index (χ4v) is 2.04. The number of hydrogen-bond acceptors (Lipinski definition) is 2. The van der Waals surface area contributed by atoms with Crippen molar-refractivity contribution in [2.45, 2.75) is 63.8 Å². The minimum absolute atomic E-state index is 0.225. The summed E-state index contributed by atoms with van der Waals surface area (Å²) < 4.78 is 0. The first-order valence-electron chi connectivity index (χ1n) is 6.31. The van der Waals surface area contributed by atoms with E-state index in [9.17, 15) is 4.79 Å². The van der Waals surface area contributed by atoms with Crippen LogP contribution in [0.1, 0.15) is 57.8 Å². The second-order valence-corrected chi connectivity index (χ2v) is 4.56. The Hall–Kier alpha value is -0.570. The summed E-state index contributed by atoms with van der Waals surface area (Å²) in [4.78, 5) is 10.6. The van der Waals surface area contributed by atoms with E-state index in [1.807, 2.05) is 0 Å². The normalized spacial score (nSPS) is 23.4. The minimum atomic E-state index is 0.225. The molecule has 88 valence electrons. The molecule has 3 N–H and O–H groups in total. The van der Waals surface area contributed by atoms with Crippen molar-refractivity contribution >= 4 is 5.91 Å². The lowest BCUT2D eigenvalue weighted by Gasteiger charge is -2.15. The number of carbonyl (C=O) groups excluding carboxylic acids is 1. The molecule has 1 aliphatic carbocycles. The third kappa shape index (κ3) is 6.50. The highest BCUT2D eigenvalue weighted by Gasteiger charge is 2.06. The quantitative estimate of drug-likeness (QED) is 0.645. The van der Waals surface area contributed by atoms with Gasteiger partial charge in [-0.05, 0) is 25.7 Å². The van der Waals surface area contributed by atoms with Crippen LogP contribution in [-0.4, -0.2) is 18.5 Å². The molecule has 0 aromatic heterocycles. The van der Waals surface area contributed by atoms with Gasteiger partial charge < -0.3 is 11.1 Å². The Morgan fingerprint density at radius 3 is 2.27 bits per heavy atom. The zero-order valence-electron chi connectivity index (χ0n) is 9.63. The lowest BCUT2D eigenvalue weighted by Crippen LogP contribution is -2.22. The van der Waals surface area contributed by atoms with Crippen LogP contribution in [-0.2, 0) is 4.79 Å². The molecule has 0 aromatic rings. The van der Waals surface area contributed by atoms with Gasteiger partial charge in [0.15, 0.2) is 0 Å². The van der Waals surface area contributed by atoms with Crippen LogP contribution in [0, 0.1) is 0 Å². The molecule has 1 saturated carbocycles. The Bertz CT molecular complexity index is 166. The van der Waals surface area contributed by atoms with E-state index in [2.05, 4.69) is 5.32 Å². The van der Waals surface area contributed by atoms with Crippen LogP contribution in [0.25, 0.3) is 0 Å². The highest BCUT2D eigenvalue weighted by atomic mass is 16.1. The van der Waals surface area contributed by atoms with Gasteiger partial charge in [0.2, 0.25) is 5.91 Å². The van der Waals surface area contributed by atoms with E-state index in [0.29, 0.717) is 6.04 Å². The number of nitrogens with two attached hydrogens (primary N) is 1. The zero-order valence-corrected chi connectivity index (χ0v) is 9.63. The summed E-state index contributed by atoms with van der Waals surface area (Å²) in [5.41, 5.74) is 5.63. The highest BCUT2D eigenvalue weighted by Crippen LogP contribution is 2.14. The predicted octanol–water partition coefficient (Wildman–Crippen LogP) is 1.95. The standard InChI is InChI=1S/C6H11NO.C6H13N/c8-6-4-2-1-3-5-7-6;7-6-4-2-1-3-5-6/h1-5H2,(H,7,8);6H,1-5,7H2. The third-order valence-electron chi connectivity index (χ3n) is 3.05. The highest BCUT2D eigenvalue weighted by molar-refractivity contribution is 5.75. The predicted molar refractivity (Wildman–Crippen MR) is 62.5 cm³/mol. The Morgan fingerprint density at radius 2 is 1.67 bits per heavy atom. The molecule has 1 heterocycles. The largest absolute Gasteiger partial charge is 0.356 e. The number of nitrogens with one attached hydrogen (secondary N) is 1. The fraction of sp³-hybridized carbons (Fsp3) is 0.917. The van der Waals surface area contributed by atoms with Gasteiger partial charge >= 0.3 is 0 Å². The van der Waals surface area contributed by atoms with E-state index in [4.69, 9.17) is 5.73 Å². The van der Waals surface area contributed by atoms with Crippen molar-refractivity contribution in [3.05, 3.63) is 0 Å². The summed E-state index contributed by atoms with van der Waals surface area (Å²) >= 11 is 0. The Balaban J connectivity index is 0.000000151. The van der Waals surface area contributed by atoms with Crippen LogP contribution in [0.5, 0.6) is 0 Å². The van der Waals surface area contributed by atoms with Crippen LogP contribution in [0.15, 0.2) is 0 Å². The molecule has 1 saturated heterocycles. The molecule has 0 bridgehead atoms. The van der Waals surface area contributed by atoms with Crippen molar-refractivity contribution in [2.75, 3.05) is 6.54 Å². The molecule has 3 heteroatoms. The molecular weight excluding hydrogens is 188 g/mol. The molecule has 15 heavy (non-hydrogen) atoms. The molecule has 2 fully saturated rings. The molecule has 3 nitrogen and oxygen atoms in total. The van der Waals surface area contributed by atoms with E-state index in [-0.39, 0.29) is 5.91 Å². The second kappa shape index (κ2) is 7.69. The monoisotopic (exact) mass is 212 g/mol. The smallest absolute Gasteiger partial charge is 0.219 e. The van der Waals surface area contributed by atoms with Crippen LogP contribution in [0.4, 0.5) is 0 Å². The van der Waals surface area contributed by atoms with Gasteiger partial charge in [-0.25, -0.2) is 0 Å². The van der Waals surface area contributed by atoms with Crippen molar-refractivity contribution in [3.8, 4) is 0 Å². The maximum atomic E-state index is 10.6. The van der Waals surface area contributed by atoms with Crippen molar-refractivity contribution < 1.29 is 4.79 Å². The Morgan fingerprint density at radius 1 is 1.00 bits per heavy atom. The molecule has 0 spiro atoms. The van der Waals surface area contributed by atoms with Crippen LogP contribution < -0.4 is 11.1 Å². The molecule has 2 rings (SSSR count). The van der Waals surface area contributed by atoms with Gasteiger partial charge in [-0.2, -0.15) is 0 Å². The van der Waals surface area contributed by atoms with Crippen molar-refractivity contribution in [1.82, 2.24) is 5.32 Å². The van der Waals surface area contributed by atoms with Crippen molar-refractivity contribution in [1.29, 1.82) is 0 Å². The lowest BCUT2D eigenvalue weighted by molar-refractivity contribution is -0.120. The van der Waals surface area contributed by atoms with E-state index >= 15 is 0 Å². The molecule has 0 aromatic carbocycles. The van der Waals surface area contributed by atoms with Gasteiger partial charge in [-0.1, -0.05) is 25.7 Å². The van der Waals surface area contributed by atoms with E-state index in [1.54, 1.807) is 0 Å². The van der Waals surface area contributed by atoms with E-state index in [1.165, 1.54) is 38.5 Å². The van der Waals surface area contributed by atoms with Crippen LogP contribution in [0.2, 0.25) is 0 Å². The van der Waals surface area contributed by atoms with Gasteiger partial charge in [-0.3, -0.25) is 4.79 Å². The van der Waals surface area contributed by atoms with Gasteiger partial charge in [0, 0.05) is 19.0 Å². The lowest BCUT2D eigenvalue weighted by atomic mass is 9.97. The molecule has 2 aliphatic rings. The number of carbonyl (C=O) groups is 1. The maximum Gasteiger partial charge on any atom is 0.219 e. The molecule has 1 aliphatic heterocycles. The van der Waals surface area contributed by atoms with Crippen molar-refractivity contribution in [3.63, 3.8) is 0 Å². The van der Waals surface area contributed by atoms with Crippen LogP contribution >= 0.6 is 0 Å². The average Bonchev–Trinajstić information content (AvgIpc) is 2.48. The second-order valence-electron chi connectivity index (χ2n) is 4.56. The Kier molecular flexibility index (Phi) is 6.41. The van der Waals surface area contributed by atoms with E-state index < -0.39 is 0 Å². The fourth-order valence-electron chi connectivity index (χ4n) is 2.04. The van der Waals surface area contributed by atoms with Crippen LogP contribution in [0.3, 0.4) is 0 Å². The summed E-state index contributed by atoms with van der Waals surface area (Å²) in [6.07, 6.45) is 10.8. The summed E-state index contributed by atoms with van der Waals surface area (Å²) in [7, 11) is 0. The van der Waals surface area contributed by atoms with Gasteiger partial charge in [0.25, 0.3) is 0 Å². The van der Waals surface area contributed by atoms with Gasteiger partial charge in [-0.15, -0.1) is 0 Å². The number of amides is 1. The first-order valence-corrected chi connectivity index (χ1v) is 6.31. The zero-order chi connectivity index (χ0) is 10.9. The summed E-state index contributed by atoms with van der Waals surface area (Å²) in [6, 6.07) is 0.536. The summed E-state index contributed by atoms with van der Waals surface area (Å²) in [5.74, 6) is 0.225. The third-order valence-corrected chi connectivity index (χ3v) is 3.05. The van der Waals surface area contributed by atoms with Gasteiger partial charge in [0.05, 0.1) is 0 Å². The molecular formula is C12H24N2O. The topological polar surface area (TPSA) is 55.1 Å². The first kappa shape index (κ1) is 12.5. The van der Waals surface area contributed by atoms with Gasteiger partial charge in [0.1, 0.15) is 0 Å². The molecule has 0 atom stereocenters. The van der Waals surface area contributed by atoms with Crippen molar-refractivity contribution in [2.24, 2.45) is 5.73 Å². The molecule has 1 amide bonds. The minimum Gasteiger partial charge on any atom is -0.356 e. The molecule has 0 unspecified atom stereocenters. The average molecular weight is 212 g/mol. The number of rotatable bonds is 0. The maximum absolute atomic E-state index is 10.6.